The molecule has 0 radical (unpaired) electrons. The molecule has 0 aliphatic carbocycles. The van der Waals surface area contributed by atoms with Gasteiger partial charge in [0, 0.05) is 18.0 Å². The van der Waals surface area contributed by atoms with Gasteiger partial charge in [-0.25, -0.2) is 5.01 Å². The molecule has 0 spiro atoms. The fourth-order valence-corrected chi connectivity index (χ4v) is 3.51. The van der Waals surface area contributed by atoms with Gasteiger partial charge in [-0.15, -0.1) is 23.5 Å². The highest BCUT2D eigenvalue weighted by molar-refractivity contribution is 8.00. The van der Waals surface area contributed by atoms with Gasteiger partial charge in [0.1, 0.15) is 0 Å². The Hall–Kier alpha value is -0.720. The van der Waals surface area contributed by atoms with Crippen molar-refractivity contribution in [1.29, 1.82) is 0 Å². The molecule has 1 aromatic heterocycles. The molecule has 1 aliphatic heterocycles. The molecule has 0 atom stereocenters. The van der Waals surface area contributed by atoms with E-state index in [0.717, 1.165) is 11.8 Å². The van der Waals surface area contributed by atoms with Crippen molar-refractivity contribution in [1.82, 2.24) is 15.4 Å². The number of carbonyl (C=O) groups excluding carboxylic acids is 1. The molecule has 4 nitrogen and oxygen atoms in total. The van der Waals surface area contributed by atoms with Gasteiger partial charge in [0.15, 0.2) is 0 Å². The number of thioether (sulfide) groups is 2. The molecule has 1 fully saturated rings. The van der Waals surface area contributed by atoms with Crippen LogP contribution < -0.4 is 5.43 Å². The predicted octanol–water partition coefficient (Wildman–Crippen LogP) is 2.20. The van der Waals surface area contributed by atoms with Gasteiger partial charge in [-0.1, -0.05) is 0 Å². The number of rotatable bonds is 2. The Labute approximate surface area is 116 Å². The molecule has 1 saturated heterocycles. The summed E-state index contributed by atoms with van der Waals surface area (Å²) in [5.74, 6) is 3.98. The zero-order valence-corrected chi connectivity index (χ0v) is 11.8. The van der Waals surface area contributed by atoms with Crippen molar-refractivity contribution in [2.24, 2.45) is 0 Å². The topological polar surface area (TPSA) is 45.2 Å². The SMILES string of the molecule is O=C(NN1CSCCCCSC1)c1ccncc1. The quantitative estimate of drug-likeness (QED) is 0.901. The lowest BCUT2D eigenvalue weighted by Gasteiger charge is -2.21. The van der Waals surface area contributed by atoms with Crippen molar-refractivity contribution >= 4 is 29.4 Å². The Kier molecular flexibility index (Phi) is 5.83. The molecule has 98 valence electrons. The zero-order chi connectivity index (χ0) is 12.6. The second-order valence-corrected chi connectivity index (χ2v) is 6.15. The molecule has 0 saturated carbocycles. The van der Waals surface area contributed by atoms with Crippen LogP contribution in [0, 0.1) is 0 Å². The maximum atomic E-state index is 12.0. The molecule has 1 aromatic rings. The summed E-state index contributed by atoms with van der Waals surface area (Å²) in [5, 5.41) is 1.99. The number of nitrogens with zero attached hydrogens (tertiary/aromatic N) is 2. The Balaban J connectivity index is 1.88. The number of pyridine rings is 1. The lowest BCUT2D eigenvalue weighted by Crippen LogP contribution is -2.41. The summed E-state index contributed by atoms with van der Waals surface area (Å²) >= 11 is 3.75. The van der Waals surface area contributed by atoms with Gasteiger partial charge in [0.25, 0.3) is 5.91 Å². The Morgan fingerprint density at radius 2 is 1.78 bits per heavy atom. The van der Waals surface area contributed by atoms with E-state index in [2.05, 4.69) is 10.4 Å². The van der Waals surface area contributed by atoms with E-state index in [1.165, 1.54) is 24.3 Å². The summed E-state index contributed by atoms with van der Waals surface area (Å²) in [6, 6.07) is 3.46. The van der Waals surface area contributed by atoms with Crippen LogP contribution in [0.5, 0.6) is 0 Å². The van der Waals surface area contributed by atoms with Crippen LogP contribution in [0.3, 0.4) is 0 Å². The van der Waals surface area contributed by atoms with E-state index in [1.807, 2.05) is 28.5 Å². The van der Waals surface area contributed by atoms with Crippen LogP contribution in [0.4, 0.5) is 0 Å². The van der Waals surface area contributed by atoms with E-state index in [1.54, 1.807) is 24.5 Å². The van der Waals surface area contributed by atoms with Crippen molar-refractivity contribution in [3.63, 3.8) is 0 Å². The summed E-state index contributed by atoms with van der Waals surface area (Å²) in [4.78, 5) is 15.9. The first-order valence-electron chi connectivity index (χ1n) is 5.98. The highest BCUT2D eigenvalue weighted by Gasteiger charge is 2.12. The van der Waals surface area contributed by atoms with Gasteiger partial charge < -0.3 is 0 Å². The number of hydrogen-bond acceptors (Lipinski definition) is 5. The Morgan fingerprint density at radius 1 is 1.17 bits per heavy atom. The summed E-state index contributed by atoms with van der Waals surface area (Å²) < 4.78 is 0. The third kappa shape index (κ3) is 4.51. The van der Waals surface area contributed by atoms with Crippen LogP contribution in [0.1, 0.15) is 23.2 Å². The number of nitrogens with one attached hydrogen (secondary N) is 1. The van der Waals surface area contributed by atoms with E-state index in [-0.39, 0.29) is 5.91 Å². The van der Waals surface area contributed by atoms with Crippen LogP contribution in [0.15, 0.2) is 24.5 Å². The maximum Gasteiger partial charge on any atom is 0.265 e. The van der Waals surface area contributed by atoms with E-state index < -0.39 is 0 Å². The third-order valence-electron chi connectivity index (χ3n) is 2.52. The second kappa shape index (κ2) is 7.66. The first-order valence-corrected chi connectivity index (χ1v) is 8.28. The highest BCUT2D eigenvalue weighted by atomic mass is 32.2. The first-order chi connectivity index (χ1) is 8.86. The van der Waals surface area contributed by atoms with E-state index in [9.17, 15) is 4.79 Å². The van der Waals surface area contributed by atoms with E-state index in [0.29, 0.717) is 5.56 Å². The largest absolute Gasteiger partial charge is 0.283 e. The Bertz CT molecular complexity index is 365. The van der Waals surface area contributed by atoms with Crippen molar-refractivity contribution in [2.75, 3.05) is 23.3 Å². The van der Waals surface area contributed by atoms with Crippen LogP contribution in [-0.4, -0.2) is 39.2 Å². The van der Waals surface area contributed by atoms with Crippen LogP contribution in [0.25, 0.3) is 0 Å². The van der Waals surface area contributed by atoms with Crippen LogP contribution >= 0.6 is 23.5 Å². The van der Waals surface area contributed by atoms with Crippen LogP contribution in [-0.2, 0) is 0 Å². The molecule has 0 unspecified atom stereocenters. The monoisotopic (exact) mass is 283 g/mol. The summed E-state index contributed by atoms with van der Waals surface area (Å²) in [5.41, 5.74) is 3.61. The van der Waals surface area contributed by atoms with Gasteiger partial charge in [-0.2, -0.15) is 0 Å². The van der Waals surface area contributed by atoms with Gasteiger partial charge in [-0.05, 0) is 36.5 Å². The molecule has 2 rings (SSSR count). The number of amides is 1. The minimum absolute atomic E-state index is 0.0575. The average molecular weight is 283 g/mol. The smallest absolute Gasteiger partial charge is 0.265 e. The number of aromatic nitrogens is 1. The number of hydrazine groups is 1. The molecule has 1 N–H and O–H groups in total. The molecule has 2 heterocycles. The minimum atomic E-state index is -0.0575. The van der Waals surface area contributed by atoms with Gasteiger partial charge >= 0.3 is 0 Å². The lowest BCUT2D eigenvalue weighted by molar-refractivity contribution is 0.0844. The van der Waals surface area contributed by atoms with E-state index >= 15 is 0 Å². The summed E-state index contributed by atoms with van der Waals surface area (Å²) in [6.45, 7) is 0. The standard InChI is InChI=1S/C12H17N3OS2/c16-12(11-3-5-13-6-4-11)14-15-9-17-7-1-2-8-18-10-15/h3-6H,1-2,7-10H2,(H,14,16). The summed E-state index contributed by atoms with van der Waals surface area (Å²) in [6.07, 6.45) is 5.81. The number of hydrogen-bond donors (Lipinski definition) is 1. The molecule has 0 bridgehead atoms. The third-order valence-corrected chi connectivity index (χ3v) is 4.67. The average Bonchev–Trinajstić information content (AvgIpc) is 2.54. The van der Waals surface area contributed by atoms with Gasteiger partial charge in [0.05, 0.1) is 11.8 Å². The molecule has 0 aromatic carbocycles. The van der Waals surface area contributed by atoms with Gasteiger partial charge in [-0.3, -0.25) is 15.2 Å². The van der Waals surface area contributed by atoms with Crippen LogP contribution in [0.2, 0.25) is 0 Å². The molecule has 1 amide bonds. The molecular weight excluding hydrogens is 266 g/mol. The van der Waals surface area contributed by atoms with Crippen molar-refractivity contribution in [3.8, 4) is 0 Å². The number of carbonyl (C=O) groups is 1. The minimum Gasteiger partial charge on any atom is -0.283 e. The molecule has 18 heavy (non-hydrogen) atoms. The van der Waals surface area contributed by atoms with Crippen molar-refractivity contribution in [2.45, 2.75) is 12.8 Å². The summed E-state index contributed by atoms with van der Waals surface area (Å²) in [7, 11) is 0. The fourth-order valence-electron chi connectivity index (χ4n) is 1.57. The fraction of sp³-hybridized carbons (Fsp3) is 0.500. The molecular formula is C12H17N3OS2. The first kappa shape index (κ1) is 13.7. The molecule has 1 aliphatic rings. The zero-order valence-electron chi connectivity index (χ0n) is 10.2. The molecule has 6 heteroatoms. The highest BCUT2D eigenvalue weighted by Crippen LogP contribution is 2.15. The maximum absolute atomic E-state index is 12.0. The van der Waals surface area contributed by atoms with Gasteiger partial charge in [0.2, 0.25) is 0 Å². The van der Waals surface area contributed by atoms with E-state index in [4.69, 9.17) is 0 Å². The van der Waals surface area contributed by atoms with Crippen molar-refractivity contribution in [3.05, 3.63) is 30.1 Å². The lowest BCUT2D eigenvalue weighted by atomic mass is 10.3. The Morgan fingerprint density at radius 3 is 2.39 bits per heavy atom. The van der Waals surface area contributed by atoms with Crippen molar-refractivity contribution < 1.29 is 4.79 Å². The second-order valence-electron chi connectivity index (χ2n) is 4.00. The normalized spacial score (nSPS) is 18.4. The predicted molar refractivity (Wildman–Crippen MR) is 77.4 cm³/mol.